The number of benzene rings is 3. The normalized spacial score (nSPS) is 10.4. The smallest absolute Gasteiger partial charge is 0.408 e. The average Bonchev–Trinajstić information content (AvgIpc) is 3.08. The molecule has 4 nitrogen and oxygen atoms in total. The Balaban J connectivity index is 1.35. The molecule has 0 aliphatic rings. The van der Waals surface area contributed by atoms with Crippen molar-refractivity contribution in [3.8, 4) is 11.8 Å². The van der Waals surface area contributed by atoms with Gasteiger partial charge in [0, 0.05) is 27.4 Å². The molecule has 1 amide bonds. The van der Waals surface area contributed by atoms with Gasteiger partial charge in [-0.3, -0.25) is 0 Å². The molecule has 0 bridgehead atoms. The number of aromatic amines is 1. The van der Waals surface area contributed by atoms with E-state index in [4.69, 9.17) is 4.74 Å². The van der Waals surface area contributed by atoms with Crippen molar-refractivity contribution < 1.29 is 9.53 Å². The fourth-order valence-electron chi connectivity index (χ4n) is 2.97. The van der Waals surface area contributed by atoms with Crippen LogP contribution in [0.4, 0.5) is 4.79 Å². The SMILES string of the molecule is O=C(NCC#Cc1ccc2c(c1)[nH]c1ccccc12)OCc1ccccc1. The Morgan fingerprint density at radius 3 is 2.59 bits per heavy atom. The molecular weight excluding hydrogens is 336 g/mol. The number of nitrogens with one attached hydrogen (secondary N) is 2. The molecule has 0 saturated carbocycles. The number of carbonyl (C=O) groups excluding carboxylic acids is 1. The molecule has 0 fully saturated rings. The van der Waals surface area contributed by atoms with Crippen molar-refractivity contribution in [3.63, 3.8) is 0 Å². The van der Waals surface area contributed by atoms with Crippen LogP contribution in [0.2, 0.25) is 0 Å². The number of rotatable bonds is 3. The van der Waals surface area contributed by atoms with Gasteiger partial charge in [0.05, 0.1) is 6.54 Å². The number of alkyl carbamates (subject to hydrolysis) is 1. The molecule has 4 heteroatoms. The third-order valence-electron chi connectivity index (χ3n) is 4.27. The molecule has 132 valence electrons. The van der Waals surface area contributed by atoms with Crippen LogP contribution in [-0.4, -0.2) is 17.6 Å². The summed E-state index contributed by atoms with van der Waals surface area (Å²) in [5.74, 6) is 6.02. The van der Waals surface area contributed by atoms with Gasteiger partial charge in [-0.25, -0.2) is 4.79 Å². The van der Waals surface area contributed by atoms with Crippen molar-refractivity contribution in [3.05, 3.63) is 83.9 Å². The summed E-state index contributed by atoms with van der Waals surface area (Å²) in [5, 5.41) is 5.02. The minimum absolute atomic E-state index is 0.234. The summed E-state index contributed by atoms with van der Waals surface area (Å²) in [6.07, 6.45) is -0.473. The highest BCUT2D eigenvalue weighted by Crippen LogP contribution is 2.25. The summed E-state index contributed by atoms with van der Waals surface area (Å²) in [5.41, 5.74) is 4.01. The van der Waals surface area contributed by atoms with E-state index in [1.807, 2.05) is 54.6 Å². The van der Waals surface area contributed by atoms with Crippen molar-refractivity contribution in [2.24, 2.45) is 0 Å². The molecule has 4 rings (SSSR count). The molecule has 1 heterocycles. The fourth-order valence-corrected chi connectivity index (χ4v) is 2.97. The average molecular weight is 354 g/mol. The van der Waals surface area contributed by atoms with Gasteiger partial charge >= 0.3 is 6.09 Å². The highest BCUT2D eigenvalue weighted by atomic mass is 16.5. The van der Waals surface area contributed by atoms with Gasteiger partial charge in [0.25, 0.3) is 0 Å². The highest BCUT2D eigenvalue weighted by Gasteiger charge is 2.03. The molecule has 4 aromatic rings. The molecule has 1 aromatic heterocycles. The maximum absolute atomic E-state index is 11.7. The van der Waals surface area contributed by atoms with Crippen LogP contribution in [0.5, 0.6) is 0 Å². The van der Waals surface area contributed by atoms with E-state index < -0.39 is 6.09 Å². The molecule has 27 heavy (non-hydrogen) atoms. The van der Waals surface area contributed by atoms with E-state index >= 15 is 0 Å². The fraction of sp³-hybridized carbons (Fsp3) is 0.0870. The zero-order chi connectivity index (χ0) is 18.5. The summed E-state index contributed by atoms with van der Waals surface area (Å²) in [4.78, 5) is 15.1. The van der Waals surface area contributed by atoms with Crippen LogP contribution in [0.3, 0.4) is 0 Å². The first kappa shape index (κ1) is 16.7. The summed E-state index contributed by atoms with van der Waals surface area (Å²) in [6.45, 7) is 0.482. The number of ether oxygens (including phenoxy) is 1. The van der Waals surface area contributed by atoms with Crippen LogP contribution in [0.1, 0.15) is 11.1 Å². The maximum atomic E-state index is 11.7. The van der Waals surface area contributed by atoms with Crippen LogP contribution < -0.4 is 5.32 Å². The number of hydrogen-bond donors (Lipinski definition) is 2. The van der Waals surface area contributed by atoms with Gasteiger partial charge in [-0.1, -0.05) is 66.4 Å². The Labute approximate surface area is 157 Å². The molecule has 2 N–H and O–H groups in total. The highest BCUT2D eigenvalue weighted by molar-refractivity contribution is 6.07. The molecule has 0 spiro atoms. The minimum Gasteiger partial charge on any atom is -0.445 e. The number of fused-ring (bicyclic) bond motifs is 3. The van der Waals surface area contributed by atoms with Gasteiger partial charge in [0.1, 0.15) is 6.61 Å². The minimum atomic E-state index is -0.473. The standard InChI is InChI=1S/C23H18N2O2/c26-23(27-16-18-7-2-1-3-8-18)24-14-6-9-17-12-13-20-19-10-4-5-11-21(19)25-22(20)15-17/h1-5,7-8,10-13,15,25H,14,16H2,(H,24,26). The Bertz CT molecular complexity index is 1150. The molecule has 0 aliphatic carbocycles. The molecule has 0 atom stereocenters. The third-order valence-corrected chi connectivity index (χ3v) is 4.27. The number of carbonyl (C=O) groups is 1. The van der Waals surface area contributed by atoms with Crippen molar-refractivity contribution in [2.75, 3.05) is 6.54 Å². The second kappa shape index (κ2) is 7.67. The van der Waals surface area contributed by atoms with Gasteiger partial charge in [-0.05, 0) is 23.8 Å². The number of para-hydroxylation sites is 1. The molecular formula is C23H18N2O2. The van der Waals surface area contributed by atoms with E-state index in [2.05, 4.69) is 40.3 Å². The molecule has 0 saturated heterocycles. The topological polar surface area (TPSA) is 54.1 Å². The van der Waals surface area contributed by atoms with Crippen LogP contribution >= 0.6 is 0 Å². The van der Waals surface area contributed by atoms with Crippen molar-refractivity contribution >= 4 is 27.9 Å². The Kier molecular flexibility index (Phi) is 4.76. The molecule has 3 aromatic carbocycles. The first-order chi connectivity index (χ1) is 13.3. The van der Waals surface area contributed by atoms with Crippen LogP contribution in [0.15, 0.2) is 72.8 Å². The lowest BCUT2D eigenvalue weighted by Gasteiger charge is -2.04. The quantitative estimate of drug-likeness (QED) is 0.528. The lowest BCUT2D eigenvalue weighted by molar-refractivity contribution is 0.141. The van der Waals surface area contributed by atoms with Crippen molar-refractivity contribution in [2.45, 2.75) is 6.61 Å². The maximum Gasteiger partial charge on any atom is 0.408 e. The van der Waals surface area contributed by atoms with E-state index in [1.165, 1.54) is 10.8 Å². The molecule has 0 aliphatic heterocycles. The second-order valence-corrected chi connectivity index (χ2v) is 6.15. The summed E-state index contributed by atoms with van der Waals surface area (Å²) < 4.78 is 5.15. The Morgan fingerprint density at radius 2 is 1.70 bits per heavy atom. The second-order valence-electron chi connectivity index (χ2n) is 6.15. The van der Waals surface area contributed by atoms with E-state index in [0.717, 1.165) is 22.2 Å². The van der Waals surface area contributed by atoms with Crippen LogP contribution in [0.25, 0.3) is 21.8 Å². The zero-order valence-corrected chi connectivity index (χ0v) is 14.7. The first-order valence-corrected chi connectivity index (χ1v) is 8.73. The molecule has 0 radical (unpaired) electrons. The van der Waals surface area contributed by atoms with E-state index in [1.54, 1.807) is 0 Å². The van der Waals surface area contributed by atoms with Crippen LogP contribution in [-0.2, 0) is 11.3 Å². The zero-order valence-electron chi connectivity index (χ0n) is 14.7. The lowest BCUT2D eigenvalue weighted by Crippen LogP contribution is -2.24. The number of hydrogen-bond acceptors (Lipinski definition) is 2. The van der Waals surface area contributed by atoms with Gasteiger partial charge < -0.3 is 15.0 Å². The summed E-state index contributed by atoms with van der Waals surface area (Å²) >= 11 is 0. The number of H-pyrrole nitrogens is 1. The predicted molar refractivity (Wildman–Crippen MR) is 107 cm³/mol. The third kappa shape index (κ3) is 3.94. The Hall–Kier alpha value is -3.71. The van der Waals surface area contributed by atoms with E-state index in [-0.39, 0.29) is 13.2 Å². The number of aromatic nitrogens is 1. The summed E-state index contributed by atoms with van der Waals surface area (Å²) in [6, 6.07) is 23.9. The van der Waals surface area contributed by atoms with Crippen molar-refractivity contribution in [1.82, 2.24) is 10.3 Å². The van der Waals surface area contributed by atoms with E-state index in [0.29, 0.717) is 0 Å². The molecule has 0 unspecified atom stereocenters. The lowest BCUT2D eigenvalue weighted by atomic mass is 10.1. The van der Waals surface area contributed by atoms with Crippen LogP contribution in [0, 0.1) is 11.8 Å². The number of amides is 1. The van der Waals surface area contributed by atoms with E-state index in [9.17, 15) is 4.79 Å². The first-order valence-electron chi connectivity index (χ1n) is 8.73. The van der Waals surface area contributed by atoms with Crippen molar-refractivity contribution in [1.29, 1.82) is 0 Å². The monoisotopic (exact) mass is 354 g/mol. The van der Waals surface area contributed by atoms with Gasteiger partial charge in [0.15, 0.2) is 0 Å². The van der Waals surface area contributed by atoms with Gasteiger partial charge in [-0.15, -0.1) is 0 Å². The largest absolute Gasteiger partial charge is 0.445 e. The Morgan fingerprint density at radius 1 is 0.926 bits per heavy atom. The predicted octanol–water partition coefficient (Wildman–Crippen LogP) is 4.60. The summed E-state index contributed by atoms with van der Waals surface area (Å²) in [7, 11) is 0. The van der Waals surface area contributed by atoms with Gasteiger partial charge in [0.2, 0.25) is 0 Å². The van der Waals surface area contributed by atoms with Gasteiger partial charge in [-0.2, -0.15) is 0 Å².